The fourth-order valence-electron chi connectivity index (χ4n) is 2.20. The molecule has 0 amide bonds. The van der Waals surface area contributed by atoms with Gasteiger partial charge in [-0.15, -0.1) is 11.3 Å². The highest BCUT2D eigenvalue weighted by Crippen LogP contribution is 2.36. The molecule has 1 unspecified atom stereocenters. The summed E-state index contributed by atoms with van der Waals surface area (Å²) in [5.41, 5.74) is 1.00. The Labute approximate surface area is 137 Å². The Morgan fingerprint density at radius 1 is 1.38 bits per heavy atom. The van der Waals surface area contributed by atoms with Crippen LogP contribution >= 0.6 is 27.3 Å². The van der Waals surface area contributed by atoms with Crippen LogP contribution in [-0.2, 0) is 0 Å². The van der Waals surface area contributed by atoms with Crippen molar-refractivity contribution in [3.05, 3.63) is 49.9 Å². The van der Waals surface area contributed by atoms with Crippen molar-refractivity contribution in [1.29, 1.82) is 0 Å². The number of ether oxygens (including phenoxy) is 1. The summed E-state index contributed by atoms with van der Waals surface area (Å²) in [5.74, 6) is -0.0582. The van der Waals surface area contributed by atoms with E-state index in [1.165, 1.54) is 22.9 Å². The molecular weight excluding hydrogens is 353 g/mol. The second kappa shape index (κ2) is 7.38. The summed E-state index contributed by atoms with van der Waals surface area (Å²) in [6.07, 6.45) is 1.04. The van der Waals surface area contributed by atoms with Crippen molar-refractivity contribution in [3.8, 4) is 5.75 Å². The quantitative estimate of drug-likeness (QED) is 0.766. The van der Waals surface area contributed by atoms with Crippen molar-refractivity contribution in [1.82, 2.24) is 5.32 Å². The number of rotatable bonds is 6. The predicted octanol–water partition coefficient (Wildman–Crippen LogP) is 5.06. The fourth-order valence-corrected chi connectivity index (χ4v) is 4.19. The van der Waals surface area contributed by atoms with Crippen LogP contribution in [0, 0.1) is 12.7 Å². The minimum absolute atomic E-state index is 0.0347. The monoisotopic (exact) mass is 371 g/mol. The van der Waals surface area contributed by atoms with Crippen molar-refractivity contribution in [3.63, 3.8) is 0 Å². The van der Waals surface area contributed by atoms with Crippen LogP contribution < -0.4 is 10.1 Å². The van der Waals surface area contributed by atoms with Gasteiger partial charge in [-0.05, 0) is 59.6 Å². The molecule has 1 aromatic carbocycles. The Hall–Kier alpha value is -0.910. The molecule has 2 aromatic rings. The van der Waals surface area contributed by atoms with Gasteiger partial charge in [-0.25, -0.2) is 4.39 Å². The number of hydrogen-bond donors (Lipinski definition) is 1. The molecule has 0 aliphatic rings. The van der Waals surface area contributed by atoms with Crippen LogP contribution in [0.5, 0.6) is 5.75 Å². The number of benzene rings is 1. The molecule has 5 heteroatoms. The Kier molecular flexibility index (Phi) is 5.79. The zero-order chi connectivity index (χ0) is 15.4. The first-order valence-corrected chi connectivity index (χ1v) is 8.50. The Morgan fingerprint density at radius 2 is 2.14 bits per heavy atom. The molecule has 1 N–H and O–H groups in total. The van der Waals surface area contributed by atoms with Gasteiger partial charge in [0, 0.05) is 14.2 Å². The van der Waals surface area contributed by atoms with Crippen LogP contribution in [0.3, 0.4) is 0 Å². The lowest BCUT2D eigenvalue weighted by Crippen LogP contribution is -2.22. The third-order valence-corrected chi connectivity index (χ3v) is 5.24. The SMILES string of the molecule is CCCNC(c1ccc(F)c(OC)c1)c1sc(C)cc1Br. The van der Waals surface area contributed by atoms with Crippen molar-refractivity contribution < 1.29 is 9.13 Å². The van der Waals surface area contributed by atoms with Crippen LogP contribution in [0.2, 0.25) is 0 Å². The van der Waals surface area contributed by atoms with Gasteiger partial charge in [-0.1, -0.05) is 13.0 Å². The molecule has 0 aliphatic carbocycles. The molecule has 0 saturated heterocycles. The fraction of sp³-hybridized carbons (Fsp3) is 0.375. The Bertz CT molecular complexity index is 614. The van der Waals surface area contributed by atoms with Gasteiger partial charge in [0.05, 0.1) is 13.2 Å². The van der Waals surface area contributed by atoms with Crippen LogP contribution in [0.25, 0.3) is 0 Å². The van der Waals surface area contributed by atoms with E-state index in [9.17, 15) is 4.39 Å². The van der Waals surface area contributed by atoms with E-state index in [0.29, 0.717) is 0 Å². The van der Waals surface area contributed by atoms with Crippen LogP contribution in [-0.4, -0.2) is 13.7 Å². The zero-order valence-electron chi connectivity index (χ0n) is 12.4. The average molecular weight is 372 g/mol. The highest BCUT2D eigenvalue weighted by molar-refractivity contribution is 9.10. The van der Waals surface area contributed by atoms with Gasteiger partial charge in [0.15, 0.2) is 11.6 Å². The largest absolute Gasteiger partial charge is 0.494 e. The first-order chi connectivity index (χ1) is 10.1. The van der Waals surface area contributed by atoms with Crippen LogP contribution in [0.4, 0.5) is 4.39 Å². The molecule has 0 radical (unpaired) electrons. The maximum atomic E-state index is 13.6. The van der Waals surface area contributed by atoms with Crippen molar-refractivity contribution in [2.75, 3.05) is 13.7 Å². The number of hydrogen-bond acceptors (Lipinski definition) is 3. The number of methoxy groups -OCH3 is 1. The second-order valence-electron chi connectivity index (χ2n) is 4.85. The number of halogens is 2. The highest BCUT2D eigenvalue weighted by Gasteiger charge is 2.20. The van der Waals surface area contributed by atoms with E-state index in [1.807, 2.05) is 6.07 Å². The lowest BCUT2D eigenvalue weighted by atomic mass is 10.0. The highest BCUT2D eigenvalue weighted by atomic mass is 79.9. The van der Waals surface area contributed by atoms with Gasteiger partial charge >= 0.3 is 0 Å². The lowest BCUT2D eigenvalue weighted by Gasteiger charge is -2.19. The van der Waals surface area contributed by atoms with Crippen molar-refractivity contribution >= 4 is 27.3 Å². The summed E-state index contributed by atoms with van der Waals surface area (Å²) in [5, 5.41) is 3.53. The molecule has 114 valence electrons. The molecule has 21 heavy (non-hydrogen) atoms. The van der Waals surface area contributed by atoms with Crippen LogP contribution in [0.15, 0.2) is 28.7 Å². The third-order valence-electron chi connectivity index (χ3n) is 3.21. The summed E-state index contributed by atoms with van der Waals surface area (Å²) in [6, 6.07) is 7.19. The maximum Gasteiger partial charge on any atom is 0.165 e. The van der Waals surface area contributed by atoms with Crippen molar-refractivity contribution in [2.24, 2.45) is 0 Å². The summed E-state index contributed by atoms with van der Waals surface area (Å²) < 4.78 is 19.8. The number of thiophene rings is 1. The summed E-state index contributed by atoms with van der Waals surface area (Å²) in [6.45, 7) is 5.11. The standard InChI is InChI=1S/C16H19BrFNOS/c1-4-7-19-15(16-12(17)8-10(2)21-16)11-5-6-13(18)14(9-11)20-3/h5-6,8-9,15,19H,4,7H2,1-3H3. The van der Waals surface area contributed by atoms with Gasteiger partial charge in [0.25, 0.3) is 0 Å². The van der Waals surface area contributed by atoms with Gasteiger partial charge in [0.2, 0.25) is 0 Å². The summed E-state index contributed by atoms with van der Waals surface area (Å²) in [4.78, 5) is 2.45. The van der Waals surface area contributed by atoms with Crippen molar-refractivity contribution in [2.45, 2.75) is 26.3 Å². The van der Waals surface area contributed by atoms with Gasteiger partial charge in [0.1, 0.15) is 0 Å². The number of nitrogens with one attached hydrogen (secondary N) is 1. The molecule has 0 fully saturated rings. The minimum atomic E-state index is -0.336. The smallest absolute Gasteiger partial charge is 0.165 e. The maximum absolute atomic E-state index is 13.6. The molecule has 1 atom stereocenters. The first kappa shape index (κ1) is 16.5. The molecular formula is C16H19BrFNOS. The average Bonchev–Trinajstić information content (AvgIpc) is 2.79. The zero-order valence-corrected chi connectivity index (χ0v) is 14.8. The first-order valence-electron chi connectivity index (χ1n) is 6.89. The van der Waals surface area contributed by atoms with E-state index in [-0.39, 0.29) is 17.6 Å². The van der Waals surface area contributed by atoms with E-state index in [0.717, 1.165) is 23.0 Å². The van der Waals surface area contributed by atoms with Gasteiger partial charge in [-0.3, -0.25) is 0 Å². The molecule has 0 aliphatic heterocycles. The van der Waals surface area contributed by atoms with Crippen LogP contribution in [0.1, 0.15) is 34.7 Å². The van der Waals surface area contributed by atoms with Gasteiger partial charge < -0.3 is 10.1 Å². The lowest BCUT2D eigenvalue weighted by molar-refractivity contribution is 0.385. The molecule has 1 aromatic heterocycles. The molecule has 0 bridgehead atoms. The Morgan fingerprint density at radius 3 is 2.71 bits per heavy atom. The second-order valence-corrected chi connectivity index (χ2v) is 6.99. The molecule has 0 spiro atoms. The summed E-state index contributed by atoms with van der Waals surface area (Å²) >= 11 is 5.36. The molecule has 0 saturated carbocycles. The molecule has 2 nitrogen and oxygen atoms in total. The van der Waals surface area contributed by atoms with E-state index in [4.69, 9.17) is 4.74 Å². The normalized spacial score (nSPS) is 12.4. The van der Waals surface area contributed by atoms with Gasteiger partial charge in [-0.2, -0.15) is 0 Å². The summed E-state index contributed by atoms with van der Waals surface area (Å²) in [7, 11) is 1.49. The molecule has 1 heterocycles. The van der Waals surface area contributed by atoms with E-state index in [2.05, 4.69) is 41.2 Å². The minimum Gasteiger partial charge on any atom is -0.494 e. The van der Waals surface area contributed by atoms with E-state index >= 15 is 0 Å². The Balaban J connectivity index is 2.42. The third kappa shape index (κ3) is 3.84. The number of aryl methyl sites for hydroxylation is 1. The van der Waals surface area contributed by atoms with E-state index < -0.39 is 0 Å². The predicted molar refractivity (Wildman–Crippen MR) is 89.8 cm³/mol. The molecule has 2 rings (SSSR count). The topological polar surface area (TPSA) is 21.3 Å². The van der Waals surface area contributed by atoms with E-state index in [1.54, 1.807) is 17.4 Å².